The summed E-state index contributed by atoms with van der Waals surface area (Å²) in [6.45, 7) is 12.1. The molecule has 98 valence electrons. The molecule has 1 aromatic rings. The number of thiazole rings is 1. The summed E-state index contributed by atoms with van der Waals surface area (Å²) in [5.41, 5.74) is 0. The van der Waals surface area contributed by atoms with Crippen LogP contribution in [0.3, 0.4) is 0 Å². The van der Waals surface area contributed by atoms with E-state index in [0.29, 0.717) is 0 Å². The van der Waals surface area contributed by atoms with Crippen LogP contribution in [-0.2, 0) is 13.0 Å². The van der Waals surface area contributed by atoms with E-state index in [4.69, 9.17) is 0 Å². The molecule has 0 saturated heterocycles. The summed E-state index contributed by atoms with van der Waals surface area (Å²) < 4.78 is 0. The highest BCUT2D eigenvalue weighted by atomic mass is 32.1. The minimum atomic E-state index is 0.960. The molecule has 4 heteroatoms. The molecule has 0 amide bonds. The zero-order chi connectivity index (χ0) is 12.5. The van der Waals surface area contributed by atoms with Crippen molar-refractivity contribution in [1.29, 1.82) is 0 Å². The van der Waals surface area contributed by atoms with E-state index < -0.39 is 0 Å². The molecule has 3 nitrogen and oxygen atoms in total. The van der Waals surface area contributed by atoms with Crippen molar-refractivity contribution in [2.24, 2.45) is 0 Å². The molecule has 1 aromatic heterocycles. The molecule has 0 bridgehead atoms. The van der Waals surface area contributed by atoms with Gasteiger partial charge in [-0.15, -0.1) is 11.3 Å². The first-order valence-corrected chi connectivity index (χ1v) is 7.48. The van der Waals surface area contributed by atoms with E-state index in [1.165, 1.54) is 22.9 Å². The summed E-state index contributed by atoms with van der Waals surface area (Å²) in [6.07, 6.45) is 4.29. The lowest BCUT2D eigenvalue weighted by atomic mass is 10.4. The molecule has 0 aromatic carbocycles. The maximum absolute atomic E-state index is 4.36. The van der Waals surface area contributed by atoms with Gasteiger partial charge in [0.1, 0.15) is 0 Å². The Morgan fingerprint density at radius 3 is 2.71 bits per heavy atom. The maximum Gasteiger partial charge on any atom is 0.0925 e. The molecule has 1 heterocycles. The second-order valence-corrected chi connectivity index (χ2v) is 5.38. The van der Waals surface area contributed by atoms with Gasteiger partial charge < -0.3 is 10.2 Å². The van der Waals surface area contributed by atoms with Crippen molar-refractivity contribution >= 4 is 11.3 Å². The molecule has 0 atom stereocenters. The van der Waals surface area contributed by atoms with Gasteiger partial charge in [-0.2, -0.15) is 0 Å². The van der Waals surface area contributed by atoms with Crippen LogP contribution in [0.2, 0.25) is 0 Å². The Morgan fingerprint density at radius 1 is 1.29 bits per heavy atom. The van der Waals surface area contributed by atoms with Crippen LogP contribution < -0.4 is 5.32 Å². The molecular weight excluding hydrogens is 230 g/mol. The topological polar surface area (TPSA) is 28.2 Å². The van der Waals surface area contributed by atoms with Gasteiger partial charge in [0.2, 0.25) is 0 Å². The minimum absolute atomic E-state index is 0.960. The van der Waals surface area contributed by atoms with Crippen LogP contribution in [0.25, 0.3) is 0 Å². The quantitative estimate of drug-likeness (QED) is 0.687. The highest BCUT2D eigenvalue weighted by Crippen LogP contribution is 2.12. The van der Waals surface area contributed by atoms with Gasteiger partial charge in [0.05, 0.1) is 5.01 Å². The fraction of sp³-hybridized carbons (Fsp3) is 0.769. The standard InChI is InChI=1S/C13H25N3S/c1-4-8-16(6-3)9-7-14-10-12-11-15-13(5-2)17-12/h11,14H,4-10H2,1-3H3. The van der Waals surface area contributed by atoms with E-state index >= 15 is 0 Å². The van der Waals surface area contributed by atoms with Crippen molar-refractivity contribution in [3.8, 4) is 0 Å². The van der Waals surface area contributed by atoms with Gasteiger partial charge in [0.15, 0.2) is 0 Å². The second-order valence-electron chi connectivity index (χ2n) is 4.18. The van der Waals surface area contributed by atoms with Crippen LogP contribution >= 0.6 is 11.3 Å². The van der Waals surface area contributed by atoms with Crippen LogP contribution in [0.4, 0.5) is 0 Å². The highest BCUT2D eigenvalue weighted by Gasteiger charge is 2.01. The molecule has 0 radical (unpaired) electrons. The zero-order valence-electron chi connectivity index (χ0n) is 11.3. The Balaban J connectivity index is 2.14. The molecule has 0 aliphatic heterocycles. The first-order chi connectivity index (χ1) is 8.30. The van der Waals surface area contributed by atoms with Gasteiger partial charge >= 0.3 is 0 Å². The Morgan fingerprint density at radius 2 is 2.12 bits per heavy atom. The van der Waals surface area contributed by atoms with Crippen molar-refractivity contribution in [2.75, 3.05) is 26.2 Å². The van der Waals surface area contributed by atoms with E-state index in [1.807, 2.05) is 17.5 Å². The van der Waals surface area contributed by atoms with E-state index in [9.17, 15) is 0 Å². The smallest absolute Gasteiger partial charge is 0.0925 e. The van der Waals surface area contributed by atoms with Crippen molar-refractivity contribution in [2.45, 2.75) is 40.2 Å². The number of rotatable bonds is 9. The third-order valence-corrected chi connectivity index (χ3v) is 3.94. The number of nitrogens with zero attached hydrogens (tertiary/aromatic N) is 2. The monoisotopic (exact) mass is 255 g/mol. The molecule has 0 unspecified atom stereocenters. The van der Waals surface area contributed by atoms with Gasteiger partial charge in [-0.05, 0) is 25.9 Å². The lowest BCUT2D eigenvalue weighted by molar-refractivity contribution is 0.287. The van der Waals surface area contributed by atoms with Crippen LogP contribution in [-0.4, -0.2) is 36.1 Å². The van der Waals surface area contributed by atoms with E-state index in [-0.39, 0.29) is 0 Å². The lowest BCUT2D eigenvalue weighted by Crippen LogP contribution is -2.32. The average molecular weight is 255 g/mol. The fourth-order valence-corrected chi connectivity index (χ4v) is 2.62. The molecule has 1 rings (SSSR count). The van der Waals surface area contributed by atoms with Crippen LogP contribution in [0.1, 0.15) is 37.1 Å². The summed E-state index contributed by atoms with van der Waals surface area (Å²) in [7, 11) is 0. The van der Waals surface area contributed by atoms with E-state index in [2.05, 4.69) is 36.0 Å². The molecule has 0 spiro atoms. The van der Waals surface area contributed by atoms with E-state index in [1.54, 1.807) is 0 Å². The fourth-order valence-electron chi connectivity index (χ4n) is 1.79. The number of nitrogens with one attached hydrogen (secondary N) is 1. The lowest BCUT2D eigenvalue weighted by Gasteiger charge is -2.19. The first-order valence-electron chi connectivity index (χ1n) is 6.66. The van der Waals surface area contributed by atoms with Crippen LogP contribution in [0.15, 0.2) is 6.20 Å². The summed E-state index contributed by atoms with van der Waals surface area (Å²) in [6, 6.07) is 0. The van der Waals surface area contributed by atoms with E-state index in [0.717, 1.165) is 32.6 Å². The molecule has 0 aliphatic carbocycles. The van der Waals surface area contributed by atoms with Crippen molar-refractivity contribution in [3.63, 3.8) is 0 Å². The average Bonchev–Trinajstić information content (AvgIpc) is 2.81. The number of aromatic nitrogens is 1. The minimum Gasteiger partial charge on any atom is -0.311 e. The van der Waals surface area contributed by atoms with Crippen molar-refractivity contribution in [1.82, 2.24) is 15.2 Å². The normalized spacial score (nSPS) is 11.3. The van der Waals surface area contributed by atoms with Gasteiger partial charge in [0.25, 0.3) is 0 Å². The van der Waals surface area contributed by atoms with Gasteiger partial charge in [-0.1, -0.05) is 20.8 Å². The maximum atomic E-state index is 4.36. The van der Waals surface area contributed by atoms with Gasteiger partial charge in [-0.3, -0.25) is 0 Å². The Labute approximate surface area is 109 Å². The zero-order valence-corrected chi connectivity index (χ0v) is 12.1. The molecule has 0 aliphatic rings. The van der Waals surface area contributed by atoms with Crippen LogP contribution in [0.5, 0.6) is 0 Å². The predicted octanol–water partition coefficient (Wildman–Crippen LogP) is 2.53. The van der Waals surface area contributed by atoms with Gasteiger partial charge in [-0.25, -0.2) is 4.98 Å². The highest BCUT2D eigenvalue weighted by molar-refractivity contribution is 7.11. The Hall–Kier alpha value is -0.450. The second kappa shape index (κ2) is 8.61. The molecule has 1 N–H and O–H groups in total. The Bertz CT molecular complexity index is 299. The van der Waals surface area contributed by atoms with Crippen molar-refractivity contribution < 1.29 is 0 Å². The third kappa shape index (κ3) is 5.61. The largest absolute Gasteiger partial charge is 0.311 e. The SMILES string of the molecule is CCCN(CC)CCNCc1cnc(CC)s1. The number of likely N-dealkylation sites (N-methyl/N-ethyl adjacent to an activating group) is 1. The third-order valence-electron chi connectivity index (χ3n) is 2.79. The number of aryl methyl sites for hydroxylation is 1. The van der Waals surface area contributed by atoms with Crippen molar-refractivity contribution in [3.05, 3.63) is 16.1 Å². The summed E-state index contributed by atoms with van der Waals surface area (Å²) in [5.74, 6) is 0. The number of hydrogen-bond donors (Lipinski definition) is 1. The molecule has 0 saturated carbocycles. The molecule has 17 heavy (non-hydrogen) atoms. The predicted molar refractivity (Wildman–Crippen MR) is 75.6 cm³/mol. The van der Waals surface area contributed by atoms with Gasteiger partial charge in [0, 0.05) is 30.7 Å². The summed E-state index contributed by atoms with van der Waals surface area (Å²) in [5, 5.41) is 4.73. The Kier molecular flexibility index (Phi) is 7.40. The summed E-state index contributed by atoms with van der Waals surface area (Å²) in [4.78, 5) is 8.19. The van der Waals surface area contributed by atoms with Crippen LogP contribution in [0, 0.1) is 0 Å². The summed E-state index contributed by atoms with van der Waals surface area (Å²) >= 11 is 1.82. The molecular formula is C13H25N3S. The molecule has 0 fully saturated rings. The number of hydrogen-bond acceptors (Lipinski definition) is 4. The first kappa shape index (κ1) is 14.6.